The lowest BCUT2D eigenvalue weighted by atomic mass is 10.2. The minimum absolute atomic E-state index is 0.0362. The number of rotatable bonds is 7. The highest BCUT2D eigenvalue weighted by Crippen LogP contribution is 2.21. The first-order valence-corrected chi connectivity index (χ1v) is 8.34. The van der Waals surface area contributed by atoms with Gasteiger partial charge in [-0.25, -0.2) is 9.97 Å². The van der Waals surface area contributed by atoms with Gasteiger partial charge in [-0.2, -0.15) is 0 Å². The number of thioether (sulfide) groups is 1. The second-order valence-electron chi connectivity index (χ2n) is 4.85. The van der Waals surface area contributed by atoms with E-state index in [-0.39, 0.29) is 5.91 Å². The summed E-state index contributed by atoms with van der Waals surface area (Å²) in [6.07, 6.45) is 3.82. The molecule has 0 aliphatic heterocycles. The zero-order valence-corrected chi connectivity index (χ0v) is 13.7. The van der Waals surface area contributed by atoms with Crippen molar-refractivity contribution >= 4 is 17.7 Å². The molecule has 5 nitrogen and oxygen atoms in total. The van der Waals surface area contributed by atoms with E-state index < -0.39 is 0 Å². The highest BCUT2D eigenvalue weighted by molar-refractivity contribution is 7.99. The smallest absolute Gasteiger partial charge is 0.230 e. The number of aryl methyl sites for hydroxylation is 1. The number of nitrogens with zero attached hydrogens (tertiary/aromatic N) is 3. The molecule has 116 valence electrons. The van der Waals surface area contributed by atoms with Crippen molar-refractivity contribution in [2.45, 2.75) is 31.7 Å². The molecule has 2 aromatic rings. The average Bonchev–Trinajstić information content (AvgIpc) is 2.53. The van der Waals surface area contributed by atoms with Crippen molar-refractivity contribution in [1.29, 1.82) is 0 Å². The molecule has 1 N–H and O–H groups in total. The molecule has 0 fully saturated rings. The van der Waals surface area contributed by atoms with Gasteiger partial charge < -0.3 is 5.32 Å². The van der Waals surface area contributed by atoms with Crippen LogP contribution in [-0.4, -0.2) is 33.2 Å². The number of carbonyl (C=O) groups is 1. The summed E-state index contributed by atoms with van der Waals surface area (Å²) >= 11 is 1.42. The number of carbonyl (C=O) groups excluding carboxylic acids is 1. The van der Waals surface area contributed by atoms with E-state index in [1.165, 1.54) is 11.8 Å². The van der Waals surface area contributed by atoms with Crippen LogP contribution in [0, 0.1) is 6.92 Å². The van der Waals surface area contributed by atoms with Crippen molar-refractivity contribution in [3.05, 3.63) is 36.3 Å². The second-order valence-corrected chi connectivity index (χ2v) is 5.84. The first-order chi connectivity index (χ1) is 10.7. The van der Waals surface area contributed by atoms with Gasteiger partial charge in [-0.05, 0) is 31.5 Å². The van der Waals surface area contributed by atoms with Gasteiger partial charge in [0.05, 0.1) is 17.1 Å². The van der Waals surface area contributed by atoms with E-state index in [0.29, 0.717) is 11.6 Å². The molecule has 0 radical (unpaired) electrons. The Bertz CT molecular complexity index is 619. The molecule has 0 aliphatic carbocycles. The second kappa shape index (κ2) is 8.48. The number of amides is 1. The largest absolute Gasteiger partial charge is 0.355 e. The van der Waals surface area contributed by atoms with Gasteiger partial charge >= 0.3 is 0 Å². The van der Waals surface area contributed by atoms with Crippen LogP contribution < -0.4 is 5.32 Å². The minimum atomic E-state index is 0.0362. The maximum Gasteiger partial charge on any atom is 0.230 e. The van der Waals surface area contributed by atoms with E-state index >= 15 is 0 Å². The molecule has 2 rings (SSSR count). The van der Waals surface area contributed by atoms with Crippen LogP contribution in [0.15, 0.2) is 35.5 Å². The predicted molar refractivity (Wildman–Crippen MR) is 88.6 cm³/mol. The SMILES string of the molecule is CCCCNC(=O)CSc1cc(-c2ccccn2)nc(C)n1. The first-order valence-electron chi connectivity index (χ1n) is 7.35. The molecule has 22 heavy (non-hydrogen) atoms. The van der Waals surface area contributed by atoms with Crippen molar-refractivity contribution in [2.24, 2.45) is 0 Å². The van der Waals surface area contributed by atoms with Crippen LogP contribution >= 0.6 is 11.8 Å². The van der Waals surface area contributed by atoms with Crippen LogP contribution in [0.5, 0.6) is 0 Å². The number of nitrogens with one attached hydrogen (secondary N) is 1. The van der Waals surface area contributed by atoms with Crippen molar-refractivity contribution < 1.29 is 4.79 Å². The fourth-order valence-corrected chi connectivity index (χ4v) is 2.63. The van der Waals surface area contributed by atoms with E-state index in [0.717, 1.165) is 35.8 Å². The Hall–Kier alpha value is -1.95. The number of hydrogen-bond acceptors (Lipinski definition) is 5. The van der Waals surface area contributed by atoms with E-state index in [9.17, 15) is 4.79 Å². The normalized spacial score (nSPS) is 10.5. The van der Waals surface area contributed by atoms with Crippen LogP contribution in [0.25, 0.3) is 11.4 Å². The molecular formula is C16H20N4OS. The highest BCUT2D eigenvalue weighted by atomic mass is 32.2. The summed E-state index contributed by atoms with van der Waals surface area (Å²) in [5.41, 5.74) is 1.59. The van der Waals surface area contributed by atoms with Crippen LogP contribution in [0.1, 0.15) is 25.6 Å². The number of pyridine rings is 1. The molecule has 0 saturated heterocycles. The lowest BCUT2D eigenvalue weighted by Crippen LogP contribution is -2.26. The minimum Gasteiger partial charge on any atom is -0.355 e. The lowest BCUT2D eigenvalue weighted by Gasteiger charge is -2.06. The van der Waals surface area contributed by atoms with E-state index in [4.69, 9.17) is 0 Å². The summed E-state index contributed by atoms with van der Waals surface area (Å²) in [4.78, 5) is 24.8. The lowest BCUT2D eigenvalue weighted by molar-refractivity contribution is -0.118. The Morgan fingerprint density at radius 3 is 2.86 bits per heavy atom. The molecule has 6 heteroatoms. The van der Waals surface area contributed by atoms with Crippen LogP contribution in [0.4, 0.5) is 0 Å². The maximum atomic E-state index is 11.7. The molecular weight excluding hydrogens is 296 g/mol. The Labute approximate surface area is 135 Å². The van der Waals surface area contributed by atoms with Gasteiger partial charge in [-0.3, -0.25) is 9.78 Å². The Morgan fingerprint density at radius 1 is 1.27 bits per heavy atom. The van der Waals surface area contributed by atoms with Gasteiger partial charge in [0.25, 0.3) is 0 Å². The summed E-state index contributed by atoms with van der Waals surface area (Å²) < 4.78 is 0. The predicted octanol–water partition coefficient (Wildman–Crippen LogP) is 2.86. The number of aromatic nitrogens is 3. The van der Waals surface area contributed by atoms with Crippen LogP contribution in [0.2, 0.25) is 0 Å². The fraction of sp³-hybridized carbons (Fsp3) is 0.375. The quantitative estimate of drug-likeness (QED) is 0.483. The highest BCUT2D eigenvalue weighted by Gasteiger charge is 2.08. The molecule has 0 unspecified atom stereocenters. The van der Waals surface area contributed by atoms with Gasteiger partial charge in [0, 0.05) is 12.7 Å². The van der Waals surface area contributed by atoms with Gasteiger partial charge in [-0.1, -0.05) is 31.2 Å². The van der Waals surface area contributed by atoms with E-state index in [1.807, 2.05) is 31.2 Å². The summed E-state index contributed by atoms with van der Waals surface area (Å²) in [7, 11) is 0. The molecule has 0 saturated carbocycles. The summed E-state index contributed by atoms with van der Waals surface area (Å²) in [5.74, 6) is 1.08. The van der Waals surface area contributed by atoms with E-state index in [1.54, 1.807) is 6.20 Å². The first kappa shape index (κ1) is 16.4. The standard InChI is InChI=1S/C16H20N4OS/c1-3-4-8-18-15(21)11-22-16-10-14(19-12(2)20-16)13-7-5-6-9-17-13/h5-7,9-10H,3-4,8,11H2,1-2H3,(H,18,21). The molecule has 0 bridgehead atoms. The molecule has 0 aliphatic rings. The fourth-order valence-electron chi connectivity index (χ4n) is 1.85. The topological polar surface area (TPSA) is 67.8 Å². The van der Waals surface area contributed by atoms with Crippen molar-refractivity contribution in [3.8, 4) is 11.4 Å². The molecule has 0 atom stereocenters. The van der Waals surface area contributed by atoms with Gasteiger partial charge in [0.1, 0.15) is 10.9 Å². The van der Waals surface area contributed by atoms with Crippen LogP contribution in [-0.2, 0) is 4.79 Å². The number of unbranched alkanes of at least 4 members (excludes halogenated alkanes) is 1. The van der Waals surface area contributed by atoms with Crippen molar-refractivity contribution in [3.63, 3.8) is 0 Å². The summed E-state index contributed by atoms with van der Waals surface area (Å²) in [6.45, 7) is 4.68. The zero-order chi connectivity index (χ0) is 15.8. The molecule has 1 amide bonds. The molecule has 2 aromatic heterocycles. The molecule has 0 aromatic carbocycles. The van der Waals surface area contributed by atoms with Gasteiger partial charge in [-0.15, -0.1) is 0 Å². The zero-order valence-electron chi connectivity index (χ0n) is 12.9. The van der Waals surface area contributed by atoms with Gasteiger partial charge in [0.2, 0.25) is 5.91 Å². The third kappa shape index (κ3) is 5.11. The maximum absolute atomic E-state index is 11.7. The number of hydrogen-bond donors (Lipinski definition) is 1. The van der Waals surface area contributed by atoms with E-state index in [2.05, 4.69) is 27.2 Å². The third-order valence-corrected chi connectivity index (χ3v) is 3.86. The van der Waals surface area contributed by atoms with Gasteiger partial charge in [0.15, 0.2) is 0 Å². The summed E-state index contributed by atoms with van der Waals surface area (Å²) in [6, 6.07) is 7.58. The molecule has 2 heterocycles. The summed E-state index contributed by atoms with van der Waals surface area (Å²) in [5, 5.41) is 3.69. The van der Waals surface area contributed by atoms with Crippen molar-refractivity contribution in [2.75, 3.05) is 12.3 Å². The average molecular weight is 316 g/mol. The van der Waals surface area contributed by atoms with Crippen LogP contribution in [0.3, 0.4) is 0 Å². The molecule has 0 spiro atoms. The monoisotopic (exact) mass is 316 g/mol. The Kier molecular flexibility index (Phi) is 6.33. The third-order valence-electron chi connectivity index (χ3n) is 2.95. The Morgan fingerprint density at radius 2 is 2.14 bits per heavy atom. The van der Waals surface area contributed by atoms with Crippen molar-refractivity contribution in [1.82, 2.24) is 20.3 Å². The Balaban J connectivity index is 2.00.